The largest absolute Gasteiger partial charge is 0.400 e. The molecule has 7 heteroatoms. The van der Waals surface area contributed by atoms with Crippen molar-refractivity contribution in [3.05, 3.63) is 67.6 Å². The minimum absolute atomic E-state index is 0.0439. The fourth-order valence-electron chi connectivity index (χ4n) is 2.97. The summed E-state index contributed by atoms with van der Waals surface area (Å²) in [6, 6.07) is 9.51. The molecular formula is C18H13BrCl2F3N. The van der Waals surface area contributed by atoms with Gasteiger partial charge in [-0.25, -0.2) is 0 Å². The van der Waals surface area contributed by atoms with E-state index in [1.807, 2.05) is 13.0 Å². The lowest BCUT2D eigenvalue weighted by Gasteiger charge is -2.31. The highest BCUT2D eigenvalue weighted by molar-refractivity contribution is 9.10. The first-order valence-corrected chi connectivity index (χ1v) is 9.00. The van der Waals surface area contributed by atoms with Crippen LogP contribution in [-0.2, 0) is 5.41 Å². The second-order valence-electron chi connectivity index (χ2n) is 6.14. The molecule has 1 unspecified atom stereocenters. The molecule has 132 valence electrons. The number of alkyl halides is 3. The number of halogens is 6. The van der Waals surface area contributed by atoms with E-state index in [2.05, 4.69) is 20.9 Å². The normalized spacial score (nSPS) is 20.7. The molecule has 0 spiro atoms. The van der Waals surface area contributed by atoms with Crippen LogP contribution < -0.4 is 0 Å². The number of benzene rings is 2. The smallest absolute Gasteiger partial charge is 0.288 e. The van der Waals surface area contributed by atoms with Gasteiger partial charge in [-0.15, -0.1) is 0 Å². The lowest BCUT2D eigenvalue weighted by atomic mass is 9.76. The standard InChI is InChI=1S/C18H13BrCl2F3N/c1-10-2-3-11(4-15(10)19)16-8-17(9-25-16,18(22,23)24)12-5-13(20)7-14(21)6-12/h2-7H,8-9H2,1H3. The Morgan fingerprint density at radius 2 is 1.72 bits per heavy atom. The topological polar surface area (TPSA) is 12.4 Å². The van der Waals surface area contributed by atoms with Gasteiger partial charge in [-0.1, -0.05) is 51.3 Å². The molecule has 0 N–H and O–H groups in total. The first-order valence-electron chi connectivity index (χ1n) is 7.45. The van der Waals surface area contributed by atoms with E-state index in [1.54, 1.807) is 12.1 Å². The molecule has 0 aliphatic carbocycles. The molecule has 0 fully saturated rings. The van der Waals surface area contributed by atoms with Gasteiger partial charge in [0.25, 0.3) is 0 Å². The van der Waals surface area contributed by atoms with Crippen molar-refractivity contribution in [3.63, 3.8) is 0 Å². The molecule has 3 rings (SSSR count). The highest BCUT2D eigenvalue weighted by Crippen LogP contribution is 2.48. The third-order valence-corrected chi connectivity index (χ3v) is 5.76. The predicted octanol–water partition coefficient (Wildman–Crippen LogP) is 6.76. The SMILES string of the molecule is Cc1ccc(C2=NCC(c3cc(Cl)cc(Cl)c3)(C(F)(F)F)C2)cc1Br. The fraction of sp³-hybridized carbons (Fsp3) is 0.278. The van der Waals surface area contributed by atoms with Crippen molar-refractivity contribution in [3.8, 4) is 0 Å². The van der Waals surface area contributed by atoms with Crippen LogP contribution in [-0.4, -0.2) is 18.4 Å². The number of hydrogen-bond acceptors (Lipinski definition) is 1. The van der Waals surface area contributed by atoms with Crippen LogP contribution in [0.15, 0.2) is 45.9 Å². The van der Waals surface area contributed by atoms with Crippen LogP contribution in [0, 0.1) is 6.92 Å². The van der Waals surface area contributed by atoms with Crippen LogP contribution in [0.2, 0.25) is 10.0 Å². The highest BCUT2D eigenvalue weighted by Gasteiger charge is 2.58. The molecule has 1 nitrogen and oxygen atoms in total. The molecule has 0 amide bonds. The van der Waals surface area contributed by atoms with Gasteiger partial charge in [0.15, 0.2) is 0 Å². The molecule has 0 aromatic heterocycles. The van der Waals surface area contributed by atoms with Crippen molar-refractivity contribution in [1.29, 1.82) is 0 Å². The maximum atomic E-state index is 14.0. The lowest BCUT2D eigenvalue weighted by molar-refractivity contribution is -0.183. The van der Waals surface area contributed by atoms with E-state index >= 15 is 0 Å². The third kappa shape index (κ3) is 3.46. The summed E-state index contributed by atoms with van der Waals surface area (Å²) in [5, 5.41) is 0.357. The van der Waals surface area contributed by atoms with E-state index in [9.17, 15) is 13.2 Å². The molecule has 1 aliphatic rings. The number of nitrogens with zero attached hydrogens (tertiary/aromatic N) is 1. The van der Waals surface area contributed by atoms with Crippen LogP contribution in [0.3, 0.4) is 0 Å². The Hall–Kier alpha value is -1.04. The maximum absolute atomic E-state index is 14.0. The Balaban J connectivity index is 2.04. The predicted molar refractivity (Wildman–Crippen MR) is 99.1 cm³/mol. The van der Waals surface area contributed by atoms with E-state index in [0.717, 1.165) is 10.0 Å². The molecule has 1 atom stereocenters. The number of aliphatic imine (C=N–C) groups is 1. The minimum atomic E-state index is -4.48. The van der Waals surface area contributed by atoms with Crippen molar-refractivity contribution < 1.29 is 13.2 Å². The molecule has 2 aromatic rings. The van der Waals surface area contributed by atoms with Crippen LogP contribution in [0.5, 0.6) is 0 Å². The third-order valence-electron chi connectivity index (χ3n) is 4.47. The van der Waals surface area contributed by atoms with Gasteiger partial charge in [0, 0.05) is 26.7 Å². The average Bonchev–Trinajstić information content (AvgIpc) is 2.95. The Morgan fingerprint density at radius 1 is 1.08 bits per heavy atom. The van der Waals surface area contributed by atoms with Gasteiger partial charge in [0.1, 0.15) is 5.41 Å². The number of hydrogen-bond donors (Lipinski definition) is 0. The van der Waals surface area contributed by atoms with Crippen molar-refractivity contribution >= 4 is 44.8 Å². The van der Waals surface area contributed by atoms with Crippen molar-refractivity contribution in [2.45, 2.75) is 24.9 Å². The van der Waals surface area contributed by atoms with Crippen LogP contribution >= 0.6 is 39.1 Å². The second-order valence-corrected chi connectivity index (χ2v) is 7.87. The summed E-state index contributed by atoms with van der Waals surface area (Å²) < 4.78 is 42.9. The Kier molecular flexibility index (Phi) is 4.95. The summed E-state index contributed by atoms with van der Waals surface area (Å²) in [5.74, 6) is 0. The molecular weight excluding hydrogens is 438 g/mol. The van der Waals surface area contributed by atoms with Gasteiger partial charge in [-0.2, -0.15) is 13.2 Å². The van der Waals surface area contributed by atoms with E-state index < -0.39 is 11.6 Å². The molecule has 1 heterocycles. The number of rotatable bonds is 2. The Morgan fingerprint density at radius 3 is 2.28 bits per heavy atom. The molecule has 0 saturated heterocycles. The first-order chi connectivity index (χ1) is 11.6. The summed E-state index contributed by atoms with van der Waals surface area (Å²) in [4.78, 5) is 4.22. The van der Waals surface area contributed by atoms with Gasteiger partial charge in [0.05, 0.1) is 6.54 Å². The summed E-state index contributed by atoms with van der Waals surface area (Å²) >= 11 is 15.3. The van der Waals surface area contributed by atoms with E-state index in [1.165, 1.54) is 18.2 Å². The molecule has 25 heavy (non-hydrogen) atoms. The van der Waals surface area contributed by atoms with Crippen molar-refractivity contribution in [1.82, 2.24) is 0 Å². The fourth-order valence-corrected chi connectivity index (χ4v) is 3.88. The van der Waals surface area contributed by atoms with Gasteiger partial charge < -0.3 is 0 Å². The zero-order chi connectivity index (χ0) is 18.4. The van der Waals surface area contributed by atoms with E-state index in [-0.39, 0.29) is 28.6 Å². The van der Waals surface area contributed by atoms with E-state index in [4.69, 9.17) is 23.2 Å². The second kappa shape index (κ2) is 6.60. The summed E-state index contributed by atoms with van der Waals surface area (Å²) in [5.41, 5.74) is 0.0353. The molecule has 0 saturated carbocycles. The minimum Gasteiger partial charge on any atom is -0.288 e. The monoisotopic (exact) mass is 449 g/mol. The zero-order valence-electron chi connectivity index (χ0n) is 13.1. The average molecular weight is 451 g/mol. The van der Waals surface area contributed by atoms with Crippen LogP contribution in [0.1, 0.15) is 23.1 Å². The highest BCUT2D eigenvalue weighted by atomic mass is 79.9. The molecule has 0 bridgehead atoms. The van der Waals surface area contributed by atoms with Gasteiger partial charge in [-0.3, -0.25) is 4.99 Å². The van der Waals surface area contributed by atoms with E-state index in [0.29, 0.717) is 11.3 Å². The van der Waals surface area contributed by atoms with Gasteiger partial charge in [-0.05, 0) is 47.9 Å². The molecule has 1 aliphatic heterocycles. The lowest BCUT2D eigenvalue weighted by Crippen LogP contribution is -2.43. The molecule has 2 aromatic carbocycles. The summed E-state index contributed by atoms with van der Waals surface area (Å²) in [6.45, 7) is 1.53. The Labute approximate surface area is 162 Å². The number of aryl methyl sites for hydroxylation is 1. The molecule has 0 radical (unpaired) electrons. The van der Waals surface area contributed by atoms with Crippen molar-refractivity contribution in [2.75, 3.05) is 6.54 Å². The Bertz CT molecular complexity index is 844. The first kappa shape index (κ1) is 18.7. The van der Waals surface area contributed by atoms with Gasteiger partial charge >= 0.3 is 6.18 Å². The summed E-state index contributed by atoms with van der Waals surface area (Å²) in [7, 11) is 0. The quantitative estimate of drug-likeness (QED) is 0.479. The zero-order valence-corrected chi connectivity index (χ0v) is 16.2. The maximum Gasteiger partial charge on any atom is 0.400 e. The summed E-state index contributed by atoms with van der Waals surface area (Å²) in [6.07, 6.45) is -4.73. The van der Waals surface area contributed by atoms with Crippen LogP contribution in [0.25, 0.3) is 0 Å². The van der Waals surface area contributed by atoms with Crippen molar-refractivity contribution in [2.24, 2.45) is 4.99 Å². The van der Waals surface area contributed by atoms with Crippen LogP contribution in [0.4, 0.5) is 13.2 Å². The van der Waals surface area contributed by atoms with Gasteiger partial charge in [0.2, 0.25) is 0 Å².